The van der Waals surface area contributed by atoms with Crippen molar-refractivity contribution in [3.8, 4) is 5.69 Å². The van der Waals surface area contributed by atoms with Crippen LogP contribution < -0.4 is 4.90 Å². The normalized spacial score (nSPS) is 17.2. The highest BCUT2D eigenvalue weighted by Gasteiger charge is 2.50. The monoisotopic (exact) mass is 411 g/mol. The zero-order valence-corrected chi connectivity index (χ0v) is 15.6. The number of benzene rings is 1. The molecule has 2 heterocycles. The van der Waals surface area contributed by atoms with Gasteiger partial charge in [-0.05, 0) is 19.1 Å². The summed E-state index contributed by atoms with van der Waals surface area (Å²) < 4.78 is 39.3. The number of nitrogens with one attached hydrogen (secondary N) is 1. The molecule has 1 aromatic carbocycles. The van der Waals surface area contributed by atoms with E-state index < -0.39 is 30.6 Å². The molecule has 0 spiro atoms. The van der Waals surface area contributed by atoms with Gasteiger partial charge in [0.25, 0.3) is 0 Å². The molecule has 29 heavy (non-hydrogen) atoms. The molecule has 0 radical (unpaired) electrons. The van der Waals surface area contributed by atoms with E-state index in [1.807, 2.05) is 31.2 Å². The van der Waals surface area contributed by atoms with E-state index in [1.54, 1.807) is 18.1 Å². The molecule has 1 N–H and O–H groups in total. The van der Waals surface area contributed by atoms with Gasteiger partial charge in [-0.1, -0.05) is 12.1 Å². The second-order valence-electron chi connectivity index (χ2n) is 6.68. The van der Waals surface area contributed by atoms with Crippen LogP contribution in [0.4, 0.5) is 18.0 Å². The molecule has 1 fully saturated rings. The largest absolute Gasteiger partial charge is 0.406 e. The SMILES string of the molecule is C[C@H](c1ccc(-n2cncn2)cc1)[NH+](C)CN1C(=O)C(=O)N(CC(F)(F)F)C1=O. The summed E-state index contributed by atoms with van der Waals surface area (Å²) in [5.41, 5.74) is 1.65. The van der Waals surface area contributed by atoms with E-state index in [9.17, 15) is 27.6 Å². The van der Waals surface area contributed by atoms with E-state index in [0.29, 0.717) is 9.80 Å². The molecule has 1 aromatic heterocycles. The Morgan fingerprint density at radius 3 is 2.24 bits per heavy atom. The van der Waals surface area contributed by atoms with Crippen molar-refractivity contribution in [3.05, 3.63) is 42.5 Å². The van der Waals surface area contributed by atoms with Crippen molar-refractivity contribution >= 4 is 17.8 Å². The molecule has 4 amide bonds. The fraction of sp³-hybridized carbons (Fsp3) is 0.353. The van der Waals surface area contributed by atoms with Crippen molar-refractivity contribution in [2.45, 2.75) is 19.1 Å². The van der Waals surface area contributed by atoms with Gasteiger partial charge in [0.1, 0.15) is 25.2 Å². The molecule has 0 bridgehead atoms. The minimum atomic E-state index is -4.78. The van der Waals surface area contributed by atoms with Crippen molar-refractivity contribution in [1.29, 1.82) is 0 Å². The third-order valence-corrected chi connectivity index (χ3v) is 4.70. The lowest BCUT2D eigenvalue weighted by atomic mass is 10.1. The molecule has 2 atom stereocenters. The highest BCUT2D eigenvalue weighted by molar-refractivity contribution is 6.44. The Morgan fingerprint density at radius 1 is 1.07 bits per heavy atom. The first-order chi connectivity index (χ1) is 13.6. The van der Waals surface area contributed by atoms with Gasteiger partial charge in [0.2, 0.25) is 0 Å². The number of urea groups is 1. The Labute approximate surface area is 163 Å². The second-order valence-corrected chi connectivity index (χ2v) is 6.68. The van der Waals surface area contributed by atoms with Gasteiger partial charge >= 0.3 is 24.0 Å². The van der Waals surface area contributed by atoms with E-state index >= 15 is 0 Å². The summed E-state index contributed by atoms with van der Waals surface area (Å²) in [6, 6.07) is 5.82. The van der Waals surface area contributed by atoms with Crippen molar-refractivity contribution in [2.75, 3.05) is 20.3 Å². The summed E-state index contributed by atoms with van der Waals surface area (Å²) in [5.74, 6) is -2.72. The molecule has 1 saturated heterocycles. The average Bonchev–Trinajstić information content (AvgIpc) is 3.27. The molecule has 3 rings (SSSR count). The topological polar surface area (TPSA) is 92.8 Å². The van der Waals surface area contributed by atoms with Gasteiger partial charge in [-0.3, -0.25) is 9.59 Å². The second kappa shape index (κ2) is 7.62. The van der Waals surface area contributed by atoms with Crippen LogP contribution in [0.5, 0.6) is 0 Å². The smallest absolute Gasteiger partial charge is 0.314 e. The molecular weight excluding hydrogens is 393 g/mol. The molecule has 1 aliphatic rings. The molecule has 0 saturated carbocycles. The highest BCUT2D eigenvalue weighted by Crippen LogP contribution is 2.21. The number of rotatable bonds is 6. The average molecular weight is 411 g/mol. The quantitative estimate of drug-likeness (QED) is 0.540. The molecule has 1 aliphatic heterocycles. The van der Waals surface area contributed by atoms with E-state index in [2.05, 4.69) is 10.1 Å². The molecule has 9 nitrogen and oxygen atoms in total. The summed E-state index contributed by atoms with van der Waals surface area (Å²) >= 11 is 0. The van der Waals surface area contributed by atoms with Crippen LogP contribution in [-0.4, -0.2) is 68.8 Å². The zero-order chi connectivity index (χ0) is 21.3. The number of imide groups is 2. The Kier molecular flexibility index (Phi) is 5.38. The Balaban J connectivity index is 1.69. The van der Waals surface area contributed by atoms with Gasteiger partial charge in [0.05, 0.1) is 12.7 Å². The maximum Gasteiger partial charge on any atom is 0.406 e. The predicted octanol–water partition coefficient (Wildman–Crippen LogP) is 0.154. The summed E-state index contributed by atoms with van der Waals surface area (Å²) in [4.78, 5) is 40.9. The van der Waals surface area contributed by atoms with Crippen molar-refractivity contribution in [1.82, 2.24) is 24.6 Å². The summed E-state index contributed by atoms with van der Waals surface area (Å²) in [6.07, 6.45) is -1.83. The molecule has 2 aromatic rings. The van der Waals surface area contributed by atoms with E-state index in [4.69, 9.17) is 0 Å². The standard InChI is InChI=1S/C17H17F3N6O3/c1-11(12-3-5-13(6-4-12)26-9-21-8-22-26)23(2)10-25-15(28)14(27)24(16(25)29)7-17(18,19)20/h3-6,8-9,11H,7,10H2,1-2H3/p+1/t11-/m1/s1. The van der Waals surface area contributed by atoms with Crippen molar-refractivity contribution < 1.29 is 32.5 Å². The Hall–Kier alpha value is -3.28. The lowest BCUT2D eigenvalue weighted by Gasteiger charge is -2.25. The van der Waals surface area contributed by atoms with Crippen LogP contribution in [0, 0.1) is 0 Å². The number of aromatic nitrogens is 3. The van der Waals surface area contributed by atoms with E-state index in [1.165, 1.54) is 6.33 Å². The summed E-state index contributed by atoms with van der Waals surface area (Å²) in [7, 11) is 1.67. The number of alkyl halides is 3. The third kappa shape index (κ3) is 4.26. The van der Waals surface area contributed by atoms with Crippen LogP contribution in [0.3, 0.4) is 0 Å². The molecular formula is C17H18F3N6O3+. The number of quaternary nitrogens is 1. The van der Waals surface area contributed by atoms with E-state index in [0.717, 1.165) is 11.3 Å². The van der Waals surface area contributed by atoms with Gasteiger partial charge in [-0.2, -0.15) is 18.3 Å². The maximum absolute atomic E-state index is 12.6. The Morgan fingerprint density at radius 2 is 1.69 bits per heavy atom. The Bertz CT molecular complexity index is 913. The summed E-state index contributed by atoms with van der Waals surface area (Å²) in [6.45, 7) is -0.199. The van der Waals surface area contributed by atoms with Crippen molar-refractivity contribution in [3.63, 3.8) is 0 Å². The number of halogens is 3. The van der Waals surface area contributed by atoms with Crippen LogP contribution in [0.25, 0.3) is 5.69 Å². The van der Waals surface area contributed by atoms with Crippen LogP contribution in [-0.2, 0) is 9.59 Å². The first kappa shape index (κ1) is 20.5. The number of carbonyl (C=O) groups excluding carboxylic acids is 3. The van der Waals surface area contributed by atoms with E-state index in [-0.39, 0.29) is 17.6 Å². The van der Waals surface area contributed by atoms with Crippen molar-refractivity contribution in [2.24, 2.45) is 0 Å². The molecule has 154 valence electrons. The van der Waals surface area contributed by atoms with Crippen LogP contribution >= 0.6 is 0 Å². The maximum atomic E-state index is 12.6. The minimum Gasteiger partial charge on any atom is -0.314 e. The van der Waals surface area contributed by atoms with Gasteiger partial charge in [-0.15, -0.1) is 0 Å². The summed E-state index contributed by atoms with van der Waals surface area (Å²) in [5, 5.41) is 4.02. The third-order valence-electron chi connectivity index (χ3n) is 4.70. The minimum absolute atomic E-state index is 0.0762. The van der Waals surface area contributed by atoms with Gasteiger partial charge in [0, 0.05) is 5.56 Å². The first-order valence-electron chi connectivity index (χ1n) is 8.60. The van der Waals surface area contributed by atoms with Gasteiger partial charge in [-0.25, -0.2) is 24.3 Å². The predicted molar refractivity (Wildman–Crippen MR) is 91.5 cm³/mol. The molecule has 0 aliphatic carbocycles. The van der Waals surface area contributed by atoms with Gasteiger partial charge < -0.3 is 4.90 Å². The van der Waals surface area contributed by atoms with Crippen LogP contribution in [0.2, 0.25) is 0 Å². The number of nitrogens with zero attached hydrogens (tertiary/aromatic N) is 5. The first-order valence-corrected chi connectivity index (χ1v) is 8.60. The number of hydrogen-bond donors (Lipinski definition) is 1. The lowest BCUT2D eigenvalue weighted by Crippen LogP contribution is -3.10. The fourth-order valence-corrected chi connectivity index (χ4v) is 2.94. The fourth-order valence-electron chi connectivity index (χ4n) is 2.94. The number of carbonyl (C=O) groups is 3. The number of amides is 4. The molecule has 12 heteroatoms. The van der Waals surface area contributed by atoms with Gasteiger partial charge in [0.15, 0.2) is 6.67 Å². The highest BCUT2D eigenvalue weighted by atomic mass is 19.4. The molecule has 1 unspecified atom stereocenters. The van der Waals surface area contributed by atoms with Crippen LogP contribution in [0.1, 0.15) is 18.5 Å². The van der Waals surface area contributed by atoms with Crippen LogP contribution in [0.15, 0.2) is 36.9 Å². The zero-order valence-electron chi connectivity index (χ0n) is 15.6. The number of hydrogen-bond acceptors (Lipinski definition) is 5. The lowest BCUT2D eigenvalue weighted by molar-refractivity contribution is -0.917.